The Morgan fingerprint density at radius 1 is 1.19 bits per heavy atom. The SMILES string of the molecule is CC(C)c1coc([C@H](Nc2c(Nc3cccc(S(=O)(=O)N4CCCC4)c3O)[nH]o[n+]2=O)C(C)(C)C)c1. The van der Waals surface area contributed by atoms with Crippen molar-refractivity contribution < 1.29 is 27.2 Å². The van der Waals surface area contributed by atoms with Crippen molar-refractivity contribution in [3.63, 3.8) is 0 Å². The number of nitrogens with one attached hydrogen (secondary N) is 3. The summed E-state index contributed by atoms with van der Waals surface area (Å²) in [5.41, 5.74) is 0.775. The molecule has 1 aliphatic heterocycles. The molecule has 36 heavy (non-hydrogen) atoms. The minimum absolute atomic E-state index is 0.0182. The highest BCUT2D eigenvalue weighted by molar-refractivity contribution is 7.89. The Bertz CT molecular complexity index is 1380. The van der Waals surface area contributed by atoms with Gasteiger partial charge in [0.05, 0.1) is 12.0 Å². The number of benzene rings is 1. The number of para-hydroxylation sites is 1. The first kappa shape index (κ1) is 25.8. The van der Waals surface area contributed by atoms with Crippen LogP contribution in [0.5, 0.6) is 5.75 Å². The van der Waals surface area contributed by atoms with Gasteiger partial charge in [-0.25, -0.2) is 8.42 Å². The van der Waals surface area contributed by atoms with Gasteiger partial charge in [0.15, 0.2) is 10.3 Å². The molecule has 2 aromatic heterocycles. The van der Waals surface area contributed by atoms with Gasteiger partial charge in [0.1, 0.15) is 16.7 Å². The molecule has 1 atom stereocenters. The van der Waals surface area contributed by atoms with E-state index in [1.54, 1.807) is 6.26 Å². The Morgan fingerprint density at radius 3 is 2.50 bits per heavy atom. The van der Waals surface area contributed by atoms with Crippen molar-refractivity contribution in [2.75, 3.05) is 23.7 Å². The third-order valence-corrected chi connectivity index (χ3v) is 8.26. The molecule has 1 saturated heterocycles. The van der Waals surface area contributed by atoms with E-state index in [4.69, 9.17) is 9.05 Å². The fraction of sp³-hybridized carbons (Fsp3) is 0.500. The van der Waals surface area contributed by atoms with Gasteiger partial charge in [-0.15, -0.1) is 4.63 Å². The molecule has 1 fully saturated rings. The van der Waals surface area contributed by atoms with Crippen molar-refractivity contribution in [2.45, 2.75) is 64.3 Å². The largest absolute Gasteiger partial charge is 0.504 e. The topological polar surface area (TPSA) is 147 Å². The van der Waals surface area contributed by atoms with E-state index >= 15 is 0 Å². The molecule has 0 radical (unpaired) electrons. The summed E-state index contributed by atoms with van der Waals surface area (Å²) in [6, 6.07) is 5.95. The number of hydrogen-bond donors (Lipinski definition) is 4. The lowest BCUT2D eigenvalue weighted by atomic mass is 9.85. The maximum Gasteiger partial charge on any atom is 0.367 e. The zero-order chi connectivity index (χ0) is 26.3. The highest BCUT2D eigenvalue weighted by Crippen LogP contribution is 2.40. The third kappa shape index (κ3) is 5.00. The maximum absolute atomic E-state index is 13.0. The molecule has 4 N–H and O–H groups in total. The number of furan rings is 1. The molecule has 1 aliphatic rings. The number of aromatic amines is 1. The summed E-state index contributed by atoms with van der Waals surface area (Å²) in [6.07, 6.45) is 3.27. The van der Waals surface area contributed by atoms with E-state index in [0.29, 0.717) is 18.8 Å². The first-order valence-electron chi connectivity index (χ1n) is 12.0. The van der Waals surface area contributed by atoms with E-state index < -0.39 is 21.8 Å². The highest BCUT2D eigenvalue weighted by atomic mass is 32.2. The number of hydrogen-bond acceptors (Lipinski definition) is 8. The van der Waals surface area contributed by atoms with E-state index in [9.17, 15) is 18.4 Å². The Kier molecular flexibility index (Phi) is 6.93. The minimum atomic E-state index is -3.85. The molecule has 4 rings (SSSR count). The number of aromatic nitrogens is 2. The van der Waals surface area contributed by atoms with Gasteiger partial charge in [-0.2, -0.15) is 4.31 Å². The predicted octanol–water partition coefficient (Wildman–Crippen LogP) is 4.67. The van der Waals surface area contributed by atoms with Crippen molar-refractivity contribution >= 4 is 27.3 Å². The Morgan fingerprint density at radius 2 is 1.89 bits per heavy atom. The van der Waals surface area contributed by atoms with E-state index in [1.807, 2.05) is 26.8 Å². The maximum atomic E-state index is 13.0. The van der Waals surface area contributed by atoms with E-state index in [-0.39, 0.29) is 38.2 Å². The lowest BCUT2D eigenvalue weighted by molar-refractivity contribution is -0.701. The predicted molar refractivity (Wildman–Crippen MR) is 134 cm³/mol. The number of phenols is 1. The van der Waals surface area contributed by atoms with Crippen LogP contribution in [-0.2, 0) is 10.0 Å². The van der Waals surface area contributed by atoms with Crippen molar-refractivity contribution in [1.29, 1.82) is 0 Å². The van der Waals surface area contributed by atoms with Crippen molar-refractivity contribution in [1.82, 2.24) is 9.46 Å². The number of rotatable bonds is 8. The average Bonchev–Trinajstić information content (AvgIpc) is 3.55. The van der Waals surface area contributed by atoms with Crippen LogP contribution in [0.25, 0.3) is 0 Å². The molecule has 0 bridgehead atoms. The van der Waals surface area contributed by atoms with Gasteiger partial charge in [-0.1, -0.05) is 45.8 Å². The van der Waals surface area contributed by atoms with E-state index in [1.165, 1.54) is 22.5 Å². The lowest BCUT2D eigenvalue weighted by Crippen LogP contribution is -2.29. The Hall–Kier alpha value is -3.25. The molecule has 0 spiro atoms. The number of nitrogens with zero attached hydrogens (tertiary/aromatic N) is 2. The number of phenolic OH excluding ortho intramolecular Hbond substituents is 1. The number of sulfonamides is 1. The third-order valence-electron chi connectivity index (χ3n) is 6.33. The second-order valence-corrected chi connectivity index (χ2v) is 12.3. The van der Waals surface area contributed by atoms with E-state index in [2.05, 4.69) is 29.6 Å². The molecule has 11 nitrogen and oxygen atoms in total. The Labute approximate surface area is 210 Å². The van der Waals surface area contributed by atoms with Crippen LogP contribution in [0.3, 0.4) is 0 Å². The monoisotopic (exact) mass is 520 g/mol. The van der Waals surface area contributed by atoms with Crippen LogP contribution >= 0.6 is 0 Å². The van der Waals surface area contributed by atoms with Crippen molar-refractivity contribution in [3.8, 4) is 5.75 Å². The van der Waals surface area contributed by atoms with Crippen LogP contribution < -0.4 is 15.2 Å². The molecule has 196 valence electrons. The average molecular weight is 521 g/mol. The van der Waals surface area contributed by atoms with Crippen LogP contribution in [0.4, 0.5) is 17.3 Å². The van der Waals surface area contributed by atoms with Crippen molar-refractivity contribution in [3.05, 3.63) is 46.8 Å². The summed E-state index contributed by atoms with van der Waals surface area (Å²) >= 11 is 0. The zero-order valence-electron chi connectivity index (χ0n) is 21.2. The van der Waals surface area contributed by atoms with Gasteiger partial charge >= 0.3 is 5.82 Å². The van der Waals surface area contributed by atoms with Gasteiger partial charge in [-0.05, 0) is 47.4 Å². The molecule has 12 heteroatoms. The van der Waals surface area contributed by atoms with Crippen molar-refractivity contribution in [2.24, 2.45) is 5.41 Å². The second kappa shape index (κ2) is 9.66. The molecular formula is C24H34N5O6S+. The lowest BCUT2D eigenvalue weighted by Gasteiger charge is -2.26. The van der Waals surface area contributed by atoms with Crippen LogP contribution in [-0.4, -0.2) is 36.1 Å². The molecule has 0 saturated carbocycles. The molecular weight excluding hydrogens is 486 g/mol. The van der Waals surface area contributed by atoms with Gasteiger partial charge in [-0.3, -0.25) is 5.32 Å². The number of anilines is 3. The minimum Gasteiger partial charge on any atom is -0.504 e. The molecule has 0 unspecified atom stereocenters. The summed E-state index contributed by atoms with van der Waals surface area (Å²) in [7, 11) is -3.85. The molecule has 3 aromatic rings. The summed E-state index contributed by atoms with van der Waals surface area (Å²) < 4.78 is 38.5. The van der Waals surface area contributed by atoms with Gasteiger partial charge < -0.3 is 14.8 Å². The van der Waals surface area contributed by atoms with Crippen LogP contribution in [0.2, 0.25) is 0 Å². The van der Waals surface area contributed by atoms with Crippen LogP contribution in [0.1, 0.15) is 70.7 Å². The quantitative estimate of drug-likeness (QED) is 0.313. The second-order valence-electron chi connectivity index (χ2n) is 10.4. The summed E-state index contributed by atoms with van der Waals surface area (Å²) in [6.45, 7) is 11.0. The molecule has 0 amide bonds. The summed E-state index contributed by atoms with van der Waals surface area (Å²) in [4.78, 5) is 12.3. The first-order valence-corrected chi connectivity index (χ1v) is 13.4. The fourth-order valence-electron chi connectivity index (χ4n) is 4.19. The Balaban J connectivity index is 1.66. The fourth-order valence-corrected chi connectivity index (χ4v) is 5.81. The van der Waals surface area contributed by atoms with Gasteiger partial charge in [0, 0.05) is 18.5 Å². The number of H-pyrrole nitrogens is 1. The van der Waals surface area contributed by atoms with E-state index in [0.717, 1.165) is 18.4 Å². The standard InChI is InChI=1S/C24H33N5O6S/c1-15(2)16-13-18(34-14-16)21(24(3,4)5)26-23-22(27-35-29(23)31)25-17-9-8-10-19(20(17)30)36(32,33)28-11-6-7-12-28/h8-10,13-15,21,26H,6-7,11-12H2,1-5H3,(H2-,25,27,30,31)/p+1/t21-/m0/s1. The van der Waals surface area contributed by atoms with Crippen LogP contribution in [0, 0.1) is 10.3 Å². The van der Waals surface area contributed by atoms with Gasteiger partial charge in [0.2, 0.25) is 10.0 Å². The first-order chi connectivity index (χ1) is 16.9. The zero-order valence-corrected chi connectivity index (χ0v) is 22.0. The van der Waals surface area contributed by atoms with Crippen LogP contribution in [0.15, 0.2) is 44.5 Å². The summed E-state index contributed by atoms with van der Waals surface area (Å²) in [5, 5.41) is 19.4. The molecule has 1 aromatic carbocycles. The van der Waals surface area contributed by atoms with Gasteiger partial charge in [0.25, 0.3) is 5.82 Å². The highest BCUT2D eigenvalue weighted by Gasteiger charge is 2.36. The summed E-state index contributed by atoms with van der Waals surface area (Å²) in [5.74, 6) is 0.618. The number of aromatic hydroxyl groups is 1. The molecule has 3 heterocycles. The normalized spacial score (nSPS) is 15.9. The smallest absolute Gasteiger partial charge is 0.367 e. The molecule has 0 aliphatic carbocycles.